The molecule has 3 rings (SSSR count). The molecule has 2 aromatic heterocycles. The fourth-order valence-corrected chi connectivity index (χ4v) is 3.30. The van der Waals surface area contributed by atoms with Gasteiger partial charge in [-0.1, -0.05) is 6.07 Å². The molecule has 1 aliphatic rings. The number of nitrogens with one attached hydrogen (secondary N) is 2. The highest BCUT2D eigenvalue weighted by molar-refractivity contribution is 7.09. The Balaban J connectivity index is 1.69. The zero-order valence-corrected chi connectivity index (χ0v) is 14.8. The molecule has 0 aromatic carbocycles. The van der Waals surface area contributed by atoms with E-state index < -0.39 is 4.92 Å². The zero-order valence-electron chi connectivity index (χ0n) is 14.0. The Morgan fingerprint density at radius 3 is 2.72 bits per heavy atom. The third-order valence-electron chi connectivity index (χ3n) is 4.02. The summed E-state index contributed by atoms with van der Waals surface area (Å²) in [5.41, 5.74) is 2.95. The summed E-state index contributed by atoms with van der Waals surface area (Å²) in [5, 5.41) is 18.6. The molecule has 2 aromatic rings. The Morgan fingerprint density at radius 2 is 2.04 bits per heavy atom. The van der Waals surface area contributed by atoms with Gasteiger partial charge in [-0.05, 0) is 24.9 Å². The van der Waals surface area contributed by atoms with E-state index in [2.05, 4.69) is 32.7 Å². The predicted molar refractivity (Wildman–Crippen MR) is 97.9 cm³/mol. The monoisotopic (exact) mass is 363 g/mol. The molecule has 0 aliphatic carbocycles. The topological polar surface area (TPSA) is 99.5 Å². The van der Waals surface area contributed by atoms with E-state index in [4.69, 9.17) is 0 Å². The van der Waals surface area contributed by atoms with Crippen molar-refractivity contribution in [2.24, 2.45) is 0 Å². The van der Waals surface area contributed by atoms with Crippen LogP contribution < -0.4 is 10.7 Å². The van der Waals surface area contributed by atoms with Crippen molar-refractivity contribution in [3.8, 4) is 0 Å². The summed E-state index contributed by atoms with van der Waals surface area (Å²) in [7, 11) is 2.06. The highest BCUT2D eigenvalue weighted by Gasteiger charge is 2.25. The molecule has 1 aliphatic heterocycles. The van der Waals surface area contributed by atoms with Crippen LogP contribution in [0, 0.1) is 10.1 Å². The molecule has 0 bridgehead atoms. The minimum Gasteiger partial charge on any atom is -0.364 e. The SMILES string of the molecule is CN1CCN(Nc2ncnc(NCCc3cccs3)c2[N+](=O)[O-])CC1. The van der Waals surface area contributed by atoms with Crippen LogP contribution in [0.15, 0.2) is 23.8 Å². The number of rotatable bonds is 7. The number of anilines is 2. The average molecular weight is 363 g/mol. The number of nitro groups is 1. The van der Waals surface area contributed by atoms with E-state index in [1.807, 2.05) is 22.5 Å². The first-order valence-electron chi connectivity index (χ1n) is 8.09. The lowest BCUT2D eigenvalue weighted by atomic mass is 10.3. The maximum Gasteiger partial charge on any atom is 0.354 e. The third kappa shape index (κ3) is 4.62. The van der Waals surface area contributed by atoms with Gasteiger partial charge < -0.3 is 10.2 Å². The van der Waals surface area contributed by atoms with Gasteiger partial charge >= 0.3 is 5.69 Å². The third-order valence-corrected chi connectivity index (χ3v) is 4.95. The molecule has 2 N–H and O–H groups in total. The number of piperazine rings is 1. The van der Waals surface area contributed by atoms with Crippen molar-refractivity contribution in [3.63, 3.8) is 0 Å². The molecule has 0 saturated carbocycles. The smallest absolute Gasteiger partial charge is 0.354 e. The minimum atomic E-state index is -0.439. The van der Waals surface area contributed by atoms with Crippen molar-refractivity contribution in [1.29, 1.82) is 0 Å². The number of thiophene rings is 1. The van der Waals surface area contributed by atoms with Gasteiger partial charge in [-0.15, -0.1) is 11.3 Å². The average Bonchev–Trinajstić information content (AvgIpc) is 3.10. The Hall–Kier alpha value is -2.30. The largest absolute Gasteiger partial charge is 0.364 e. The van der Waals surface area contributed by atoms with Gasteiger partial charge in [0, 0.05) is 37.6 Å². The highest BCUT2D eigenvalue weighted by atomic mass is 32.1. The molecule has 1 saturated heterocycles. The molecule has 0 atom stereocenters. The first-order valence-corrected chi connectivity index (χ1v) is 8.97. The Kier molecular flexibility index (Phi) is 5.74. The second kappa shape index (κ2) is 8.19. The van der Waals surface area contributed by atoms with Gasteiger partial charge in [0.2, 0.25) is 11.6 Å². The van der Waals surface area contributed by atoms with Crippen LogP contribution in [-0.4, -0.2) is 64.6 Å². The van der Waals surface area contributed by atoms with Crippen molar-refractivity contribution in [3.05, 3.63) is 38.8 Å². The Morgan fingerprint density at radius 1 is 1.28 bits per heavy atom. The van der Waals surface area contributed by atoms with Crippen LogP contribution in [0.5, 0.6) is 0 Å². The molecule has 0 amide bonds. The summed E-state index contributed by atoms with van der Waals surface area (Å²) in [6, 6.07) is 4.03. The molecule has 0 unspecified atom stereocenters. The van der Waals surface area contributed by atoms with E-state index in [9.17, 15) is 10.1 Å². The van der Waals surface area contributed by atoms with Crippen molar-refractivity contribution >= 4 is 28.7 Å². The number of likely N-dealkylation sites (N-methyl/N-ethyl adjacent to an activating group) is 1. The fraction of sp³-hybridized carbons (Fsp3) is 0.467. The van der Waals surface area contributed by atoms with E-state index in [1.54, 1.807) is 11.3 Å². The van der Waals surface area contributed by atoms with Crippen LogP contribution in [0.3, 0.4) is 0 Å². The van der Waals surface area contributed by atoms with Crippen LogP contribution in [0.2, 0.25) is 0 Å². The van der Waals surface area contributed by atoms with Gasteiger partial charge in [-0.2, -0.15) is 0 Å². The van der Waals surface area contributed by atoms with E-state index in [1.165, 1.54) is 11.2 Å². The molecule has 9 nitrogen and oxygen atoms in total. The van der Waals surface area contributed by atoms with Crippen molar-refractivity contribution < 1.29 is 4.92 Å². The maximum atomic E-state index is 11.5. The lowest BCUT2D eigenvalue weighted by Gasteiger charge is -2.32. The summed E-state index contributed by atoms with van der Waals surface area (Å²) in [6.45, 7) is 3.93. The van der Waals surface area contributed by atoms with Gasteiger partial charge in [0.1, 0.15) is 6.33 Å². The van der Waals surface area contributed by atoms with E-state index in [0.29, 0.717) is 6.54 Å². The Bertz CT molecular complexity index is 702. The maximum absolute atomic E-state index is 11.5. The van der Waals surface area contributed by atoms with Crippen LogP contribution in [-0.2, 0) is 6.42 Å². The first-order chi connectivity index (χ1) is 12.1. The molecular formula is C15H21N7O2S. The Labute approximate surface area is 149 Å². The highest BCUT2D eigenvalue weighted by Crippen LogP contribution is 2.29. The second-order valence-corrected chi connectivity index (χ2v) is 6.87. The summed E-state index contributed by atoms with van der Waals surface area (Å²) in [6.07, 6.45) is 2.14. The zero-order chi connectivity index (χ0) is 17.6. The van der Waals surface area contributed by atoms with Crippen LogP contribution in [0.25, 0.3) is 0 Å². The van der Waals surface area contributed by atoms with E-state index in [0.717, 1.165) is 32.6 Å². The van der Waals surface area contributed by atoms with Crippen LogP contribution >= 0.6 is 11.3 Å². The predicted octanol–water partition coefficient (Wildman–Crippen LogP) is 1.68. The molecule has 1 fully saturated rings. The number of hydrogen-bond acceptors (Lipinski definition) is 9. The van der Waals surface area contributed by atoms with Gasteiger partial charge in [0.25, 0.3) is 0 Å². The summed E-state index contributed by atoms with van der Waals surface area (Å²) in [5.74, 6) is 0.469. The molecular weight excluding hydrogens is 342 g/mol. The summed E-state index contributed by atoms with van der Waals surface area (Å²) in [4.78, 5) is 22.7. The first kappa shape index (κ1) is 17.5. The molecule has 0 spiro atoms. The lowest BCUT2D eigenvalue weighted by Crippen LogP contribution is -2.47. The standard InChI is InChI=1S/C15H21N7O2S/c1-20-6-8-21(9-7-20)19-15-13(22(23)24)14(17-11-18-15)16-5-4-12-3-2-10-25-12/h2-3,10-11H,4-9H2,1H3,(H2,16,17,18,19). The summed E-state index contributed by atoms with van der Waals surface area (Å²) < 4.78 is 0. The van der Waals surface area contributed by atoms with Crippen LogP contribution in [0.4, 0.5) is 17.3 Å². The molecule has 3 heterocycles. The normalized spacial score (nSPS) is 15.9. The molecule has 25 heavy (non-hydrogen) atoms. The van der Waals surface area contributed by atoms with Crippen molar-refractivity contribution in [2.45, 2.75) is 6.42 Å². The van der Waals surface area contributed by atoms with E-state index in [-0.39, 0.29) is 17.3 Å². The van der Waals surface area contributed by atoms with Crippen molar-refractivity contribution in [2.75, 3.05) is 50.5 Å². The van der Waals surface area contributed by atoms with Gasteiger partial charge in [0.15, 0.2) is 0 Å². The van der Waals surface area contributed by atoms with Crippen LogP contribution in [0.1, 0.15) is 4.88 Å². The molecule has 10 heteroatoms. The fourth-order valence-electron chi connectivity index (χ4n) is 2.59. The van der Waals surface area contributed by atoms with E-state index >= 15 is 0 Å². The number of aromatic nitrogens is 2. The number of nitrogens with zero attached hydrogens (tertiary/aromatic N) is 5. The molecule has 134 valence electrons. The minimum absolute atomic E-state index is 0.118. The van der Waals surface area contributed by atoms with Gasteiger partial charge in [-0.3, -0.25) is 15.5 Å². The second-order valence-electron chi connectivity index (χ2n) is 5.83. The quantitative estimate of drug-likeness (QED) is 0.566. The van der Waals surface area contributed by atoms with Gasteiger partial charge in [0.05, 0.1) is 4.92 Å². The van der Waals surface area contributed by atoms with Gasteiger partial charge in [-0.25, -0.2) is 15.0 Å². The lowest BCUT2D eigenvalue weighted by molar-refractivity contribution is -0.383. The molecule has 0 radical (unpaired) electrons. The van der Waals surface area contributed by atoms with Crippen molar-refractivity contribution in [1.82, 2.24) is 19.9 Å². The number of hydrogen-bond donors (Lipinski definition) is 2. The summed E-state index contributed by atoms with van der Waals surface area (Å²) >= 11 is 1.67. The number of hydrazine groups is 1.